The van der Waals surface area contributed by atoms with E-state index in [0.717, 1.165) is 17.1 Å². The summed E-state index contributed by atoms with van der Waals surface area (Å²) in [7, 11) is -3.91. The maximum Gasteiger partial charge on any atom is 0.257 e. The standard InChI is InChI=1S/C13H20F2N4O3S/c1-13(2,3)19-6-9(4-12(19)20)17-23(21,22)10-5-16-18(7-10)8-11(14)15/h5,7,9,11,17H,4,6,8H2,1-3H3. The number of rotatable bonds is 5. The van der Waals surface area contributed by atoms with Crippen molar-refractivity contribution in [3.63, 3.8) is 0 Å². The summed E-state index contributed by atoms with van der Waals surface area (Å²) in [5, 5.41) is 3.61. The van der Waals surface area contributed by atoms with E-state index in [0.29, 0.717) is 0 Å². The molecule has 1 unspecified atom stereocenters. The smallest absolute Gasteiger partial charge is 0.257 e. The molecule has 1 N–H and O–H groups in total. The predicted molar refractivity (Wildman–Crippen MR) is 78.4 cm³/mol. The van der Waals surface area contributed by atoms with Gasteiger partial charge in [0.05, 0.1) is 6.20 Å². The lowest BCUT2D eigenvalue weighted by atomic mass is 10.1. The van der Waals surface area contributed by atoms with Gasteiger partial charge in [-0.15, -0.1) is 0 Å². The molecule has 130 valence electrons. The Bertz CT molecular complexity index is 682. The van der Waals surface area contributed by atoms with E-state index in [4.69, 9.17) is 0 Å². The molecule has 0 spiro atoms. The highest BCUT2D eigenvalue weighted by atomic mass is 32.2. The lowest BCUT2D eigenvalue weighted by molar-refractivity contribution is -0.131. The largest absolute Gasteiger partial charge is 0.336 e. The van der Waals surface area contributed by atoms with E-state index in [1.807, 2.05) is 20.8 Å². The van der Waals surface area contributed by atoms with Gasteiger partial charge in [-0.3, -0.25) is 9.48 Å². The minimum atomic E-state index is -3.91. The Morgan fingerprint density at radius 3 is 2.61 bits per heavy atom. The zero-order chi connectivity index (χ0) is 17.4. The number of hydrogen-bond donors (Lipinski definition) is 1. The maximum absolute atomic E-state index is 12.3. The van der Waals surface area contributed by atoms with Crippen molar-refractivity contribution in [3.8, 4) is 0 Å². The second kappa shape index (κ2) is 6.16. The number of hydrogen-bond acceptors (Lipinski definition) is 4. The third-order valence-corrected chi connectivity index (χ3v) is 4.98. The van der Waals surface area contributed by atoms with E-state index >= 15 is 0 Å². The molecular formula is C13H20F2N4O3S. The summed E-state index contributed by atoms with van der Waals surface area (Å²) in [5.41, 5.74) is -0.389. The summed E-state index contributed by atoms with van der Waals surface area (Å²) in [6, 6.07) is -0.551. The number of nitrogens with zero attached hydrogens (tertiary/aromatic N) is 3. The van der Waals surface area contributed by atoms with Crippen molar-refractivity contribution in [1.29, 1.82) is 0 Å². The summed E-state index contributed by atoms with van der Waals surface area (Å²) in [6.45, 7) is 5.21. The number of halogens is 2. The summed E-state index contributed by atoms with van der Waals surface area (Å²) >= 11 is 0. The van der Waals surface area contributed by atoms with Gasteiger partial charge in [0.15, 0.2) is 0 Å². The third-order valence-electron chi connectivity index (χ3n) is 3.50. The first-order chi connectivity index (χ1) is 10.5. The number of sulfonamides is 1. The molecular weight excluding hydrogens is 330 g/mol. The van der Waals surface area contributed by atoms with E-state index in [1.54, 1.807) is 4.90 Å². The van der Waals surface area contributed by atoms with Crippen molar-refractivity contribution in [1.82, 2.24) is 19.4 Å². The van der Waals surface area contributed by atoms with E-state index in [-0.39, 0.29) is 29.3 Å². The van der Waals surface area contributed by atoms with E-state index in [1.165, 1.54) is 0 Å². The maximum atomic E-state index is 12.3. The van der Waals surface area contributed by atoms with Crippen LogP contribution in [0, 0.1) is 0 Å². The molecule has 0 aliphatic carbocycles. The molecule has 1 aliphatic rings. The van der Waals surface area contributed by atoms with Crippen LogP contribution >= 0.6 is 0 Å². The van der Waals surface area contributed by atoms with Crippen molar-refractivity contribution < 1.29 is 22.0 Å². The molecule has 0 aromatic carbocycles. The highest BCUT2D eigenvalue weighted by Gasteiger charge is 2.38. The molecule has 7 nitrogen and oxygen atoms in total. The van der Waals surface area contributed by atoms with Crippen LogP contribution in [0.15, 0.2) is 17.3 Å². The Morgan fingerprint density at radius 1 is 1.43 bits per heavy atom. The summed E-state index contributed by atoms with van der Waals surface area (Å²) in [4.78, 5) is 13.4. The topological polar surface area (TPSA) is 84.3 Å². The molecule has 1 amide bonds. The van der Waals surface area contributed by atoms with Crippen LogP contribution in [-0.2, 0) is 21.4 Å². The molecule has 10 heteroatoms. The number of carbonyl (C=O) groups is 1. The molecule has 1 aromatic heterocycles. The minimum Gasteiger partial charge on any atom is -0.336 e. The van der Waals surface area contributed by atoms with E-state index in [2.05, 4.69) is 9.82 Å². The van der Waals surface area contributed by atoms with Crippen molar-refractivity contribution in [2.45, 2.75) is 56.6 Å². The number of amides is 1. The SMILES string of the molecule is CC(C)(C)N1CC(NS(=O)(=O)c2cnn(CC(F)F)c2)CC1=O. The van der Waals surface area contributed by atoms with Crippen LogP contribution in [0.3, 0.4) is 0 Å². The fourth-order valence-electron chi connectivity index (χ4n) is 2.45. The zero-order valence-electron chi connectivity index (χ0n) is 13.2. The lowest BCUT2D eigenvalue weighted by Gasteiger charge is -2.32. The van der Waals surface area contributed by atoms with Crippen molar-refractivity contribution >= 4 is 15.9 Å². The minimum absolute atomic E-state index is 0.0711. The predicted octanol–water partition coefficient (Wildman–Crippen LogP) is 0.826. The molecule has 2 heterocycles. The summed E-state index contributed by atoms with van der Waals surface area (Å²) in [6.07, 6.45) is -0.483. The molecule has 0 saturated carbocycles. The van der Waals surface area contributed by atoms with Gasteiger partial charge in [-0.2, -0.15) is 5.10 Å². The molecule has 23 heavy (non-hydrogen) atoms. The van der Waals surface area contributed by atoms with Gasteiger partial charge < -0.3 is 4.90 Å². The van der Waals surface area contributed by atoms with Crippen molar-refractivity contribution in [3.05, 3.63) is 12.4 Å². The zero-order valence-corrected chi connectivity index (χ0v) is 14.0. The average Bonchev–Trinajstić information content (AvgIpc) is 2.94. The van der Waals surface area contributed by atoms with Gasteiger partial charge in [0, 0.05) is 30.7 Å². The number of alkyl halides is 2. The molecule has 1 aromatic rings. The Balaban J connectivity index is 2.07. The monoisotopic (exact) mass is 350 g/mol. The first-order valence-corrected chi connectivity index (χ1v) is 8.61. The summed E-state index contributed by atoms with van der Waals surface area (Å²) in [5.74, 6) is -0.126. The number of carbonyl (C=O) groups excluding carboxylic acids is 1. The Kier molecular flexibility index (Phi) is 4.76. The third kappa shape index (κ3) is 4.25. The second-order valence-corrected chi connectivity index (χ2v) is 8.20. The normalized spacial score (nSPS) is 19.8. The average molecular weight is 350 g/mol. The Labute approximate surface area is 133 Å². The second-order valence-electron chi connectivity index (χ2n) is 6.49. The highest BCUT2D eigenvalue weighted by molar-refractivity contribution is 7.89. The van der Waals surface area contributed by atoms with Crippen LogP contribution in [-0.4, -0.2) is 53.6 Å². The van der Waals surface area contributed by atoms with Gasteiger partial charge in [-0.05, 0) is 20.8 Å². The molecule has 1 fully saturated rings. The van der Waals surface area contributed by atoms with Gasteiger partial charge >= 0.3 is 0 Å². The van der Waals surface area contributed by atoms with Crippen LogP contribution < -0.4 is 4.72 Å². The van der Waals surface area contributed by atoms with Crippen LogP contribution in [0.1, 0.15) is 27.2 Å². The van der Waals surface area contributed by atoms with Crippen LogP contribution in [0.4, 0.5) is 8.78 Å². The Hall–Kier alpha value is -1.55. The van der Waals surface area contributed by atoms with Crippen LogP contribution in [0.2, 0.25) is 0 Å². The Morgan fingerprint density at radius 2 is 2.09 bits per heavy atom. The van der Waals surface area contributed by atoms with Crippen LogP contribution in [0.25, 0.3) is 0 Å². The van der Waals surface area contributed by atoms with Crippen LogP contribution in [0.5, 0.6) is 0 Å². The fraction of sp³-hybridized carbons (Fsp3) is 0.692. The van der Waals surface area contributed by atoms with Crippen molar-refractivity contribution in [2.24, 2.45) is 0 Å². The van der Waals surface area contributed by atoms with Crippen molar-refractivity contribution in [2.75, 3.05) is 6.54 Å². The highest BCUT2D eigenvalue weighted by Crippen LogP contribution is 2.23. The van der Waals surface area contributed by atoms with Gasteiger partial charge in [0.2, 0.25) is 15.9 Å². The molecule has 0 bridgehead atoms. The summed E-state index contributed by atoms with van der Waals surface area (Å²) < 4.78 is 52.4. The number of aromatic nitrogens is 2. The van der Waals surface area contributed by atoms with Gasteiger partial charge in [0.1, 0.15) is 11.4 Å². The van der Waals surface area contributed by atoms with Gasteiger partial charge in [-0.25, -0.2) is 21.9 Å². The van der Waals surface area contributed by atoms with E-state index in [9.17, 15) is 22.0 Å². The van der Waals surface area contributed by atoms with Gasteiger partial charge in [-0.1, -0.05) is 0 Å². The quantitative estimate of drug-likeness (QED) is 0.852. The van der Waals surface area contributed by atoms with Gasteiger partial charge in [0.25, 0.3) is 6.43 Å². The molecule has 1 saturated heterocycles. The molecule has 0 radical (unpaired) electrons. The first kappa shape index (κ1) is 17.8. The molecule has 1 atom stereocenters. The fourth-order valence-corrected chi connectivity index (χ4v) is 3.63. The first-order valence-electron chi connectivity index (χ1n) is 7.12. The molecule has 2 rings (SSSR count). The van der Waals surface area contributed by atoms with E-state index < -0.39 is 29.0 Å². The lowest BCUT2D eigenvalue weighted by Crippen LogP contribution is -2.44. The number of nitrogens with one attached hydrogen (secondary N) is 1. The number of likely N-dealkylation sites (tertiary alicyclic amines) is 1. The molecule has 1 aliphatic heterocycles.